The highest BCUT2D eigenvalue weighted by Crippen LogP contribution is 2.30. The van der Waals surface area contributed by atoms with Crippen LogP contribution in [0.1, 0.15) is 11.3 Å². The number of benzene rings is 2. The number of ether oxygens (including phenoxy) is 2. The van der Waals surface area contributed by atoms with Crippen LogP contribution in [0.25, 0.3) is 16.6 Å². The van der Waals surface area contributed by atoms with Crippen molar-refractivity contribution in [2.75, 3.05) is 0 Å². The third-order valence-electron chi connectivity index (χ3n) is 4.17. The molecule has 2 aromatic carbocycles. The molecule has 0 aliphatic carbocycles. The van der Waals surface area contributed by atoms with Gasteiger partial charge in [-0.25, -0.2) is 0 Å². The molecule has 0 radical (unpaired) electrons. The second-order valence-corrected chi connectivity index (χ2v) is 6.32. The number of hydrogen-bond donors (Lipinski definition) is 0. The average molecular weight is 399 g/mol. The molecule has 0 spiro atoms. The van der Waals surface area contributed by atoms with Gasteiger partial charge < -0.3 is 14.0 Å². The molecule has 0 saturated heterocycles. The second-order valence-electron chi connectivity index (χ2n) is 6.32. The van der Waals surface area contributed by atoms with E-state index < -0.39 is 6.36 Å². The molecule has 0 amide bonds. The van der Waals surface area contributed by atoms with E-state index in [2.05, 4.69) is 11.3 Å². The molecule has 0 atom stereocenters. The quantitative estimate of drug-likeness (QED) is 0.330. The van der Waals surface area contributed by atoms with Crippen molar-refractivity contribution in [1.29, 1.82) is 0 Å². The van der Waals surface area contributed by atoms with E-state index in [0.29, 0.717) is 17.8 Å². The molecule has 29 heavy (non-hydrogen) atoms. The smallest absolute Gasteiger partial charge is 0.496 e. The first-order valence-corrected chi connectivity index (χ1v) is 8.90. The van der Waals surface area contributed by atoms with Crippen LogP contribution in [0.4, 0.5) is 13.2 Å². The molecule has 3 rings (SSSR count). The molecular weight excluding hydrogens is 379 g/mol. The van der Waals surface area contributed by atoms with E-state index in [9.17, 15) is 13.2 Å². The van der Waals surface area contributed by atoms with Crippen LogP contribution >= 0.6 is 0 Å². The van der Waals surface area contributed by atoms with Crippen molar-refractivity contribution in [1.82, 2.24) is 4.57 Å². The van der Waals surface area contributed by atoms with Crippen molar-refractivity contribution < 1.29 is 22.6 Å². The summed E-state index contributed by atoms with van der Waals surface area (Å²) >= 11 is 0. The second kappa shape index (κ2) is 8.73. The third-order valence-corrected chi connectivity index (χ3v) is 4.17. The summed E-state index contributed by atoms with van der Waals surface area (Å²) < 4.78 is 49.3. The standard InChI is InChI=1S/C23H20F3NO2/c1-3-7-20(12-13-28-16-18-8-5-4-6-9-18)27-17(2)14-19-10-11-21(15-22(19)27)29-23(24,25)26/h3-15H,1,16H2,2H3/b13-12+,20-7+. The lowest BCUT2D eigenvalue weighted by atomic mass is 10.2. The Morgan fingerprint density at radius 1 is 1.10 bits per heavy atom. The Hall–Kier alpha value is -3.41. The fourth-order valence-electron chi connectivity index (χ4n) is 3.02. The molecule has 0 unspecified atom stereocenters. The first-order chi connectivity index (χ1) is 13.9. The molecule has 3 nitrogen and oxygen atoms in total. The molecule has 0 saturated carbocycles. The van der Waals surface area contributed by atoms with Gasteiger partial charge in [0.05, 0.1) is 11.8 Å². The SMILES string of the molecule is C=C/C=C(\C=C\OCc1ccccc1)n1c(C)cc2ccc(OC(F)(F)F)cc21. The van der Waals surface area contributed by atoms with Gasteiger partial charge in [0.25, 0.3) is 0 Å². The van der Waals surface area contributed by atoms with Crippen LogP contribution in [0.2, 0.25) is 0 Å². The number of alkyl halides is 3. The Morgan fingerprint density at radius 2 is 1.86 bits per heavy atom. The molecule has 1 heterocycles. The van der Waals surface area contributed by atoms with Gasteiger partial charge >= 0.3 is 6.36 Å². The molecule has 6 heteroatoms. The van der Waals surface area contributed by atoms with Crippen LogP contribution in [0.3, 0.4) is 0 Å². The number of nitrogens with zero attached hydrogens (tertiary/aromatic N) is 1. The Morgan fingerprint density at radius 3 is 2.55 bits per heavy atom. The number of rotatable bonds is 7. The van der Waals surface area contributed by atoms with E-state index in [1.807, 2.05) is 47.9 Å². The maximum Gasteiger partial charge on any atom is 0.573 e. The van der Waals surface area contributed by atoms with Crippen molar-refractivity contribution in [3.8, 4) is 5.75 Å². The predicted molar refractivity (Wildman–Crippen MR) is 108 cm³/mol. The summed E-state index contributed by atoms with van der Waals surface area (Å²) in [5, 5.41) is 0.797. The number of allylic oxidation sites excluding steroid dienone is 4. The highest BCUT2D eigenvalue weighted by Gasteiger charge is 2.31. The molecule has 150 valence electrons. The third kappa shape index (κ3) is 5.31. The zero-order valence-corrected chi connectivity index (χ0v) is 15.8. The van der Waals surface area contributed by atoms with E-state index in [0.717, 1.165) is 16.6 Å². The van der Waals surface area contributed by atoms with E-state index in [1.165, 1.54) is 12.1 Å². The molecule has 0 N–H and O–H groups in total. The summed E-state index contributed by atoms with van der Waals surface area (Å²) in [5.41, 5.74) is 3.17. The van der Waals surface area contributed by atoms with Gasteiger partial charge in [0, 0.05) is 22.8 Å². The van der Waals surface area contributed by atoms with Crippen molar-refractivity contribution in [3.05, 3.63) is 96.9 Å². The summed E-state index contributed by atoms with van der Waals surface area (Å²) in [6.45, 7) is 6.01. The van der Waals surface area contributed by atoms with Crippen LogP contribution < -0.4 is 4.74 Å². The highest BCUT2D eigenvalue weighted by atomic mass is 19.4. The molecule has 1 aromatic heterocycles. The molecule has 0 aliphatic heterocycles. The molecule has 0 aliphatic rings. The number of halogens is 3. The minimum Gasteiger partial charge on any atom is -0.496 e. The highest BCUT2D eigenvalue weighted by molar-refractivity contribution is 5.87. The molecule has 0 fully saturated rings. The van der Waals surface area contributed by atoms with Gasteiger partial charge in [-0.15, -0.1) is 13.2 Å². The Kier molecular flexibility index (Phi) is 6.12. The normalized spacial score (nSPS) is 12.5. The number of aryl methyl sites for hydroxylation is 1. The summed E-state index contributed by atoms with van der Waals surface area (Å²) in [6.07, 6.45) is 1.92. The maximum absolute atomic E-state index is 12.6. The maximum atomic E-state index is 12.6. The van der Waals surface area contributed by atoms with Crippen molar-refractivity contribution in [2.45, 2.75) is 19.9 Å². The van der Waals surface area contributed by atoms with Crippen LogP contribution in [-0.4, -0.2) is 10.9 Å². The van der Waals surface area contributed by atoms with Gasteiger partial charge in [-0.05, 0) is 42.8 Å². The topological polar surface area (TPSA) is 23.4 Å². The first kappa shape index (κ1) is 20.3. The van der Waals surface area contributed by atoms with Crippen LogP contribution in [-0.2, 0) is 11.3 Å². The average Bonchev–Trinajstić information content (AvgIpc) is 2.99. The van der Waals surface area contributed by atoms with Gasteiger partial charge in [0.1, 0.15) is 12.4 Å². The van der Waals surface area contributed by atoms with Crippen molar-refractivity contribution >= 4 is 16.6 Å². The van der Waals surface area contributed by atoms with Gasteiger partial charge in [-0.3, -0.25) is 0 Å². The van der Waals surface area contributed by atoms with Crippen LogP contribution in [0.15, 0.2) is 85.7 Å². The van der Waals surface area contributed by atoms with Gasteiger partial charge in [-0.2, -0.15) is 0 Å². The van der Waals surface area contributed by atoms with E-state index >= 15 is 0 Å². The largest absolute Gasteiger partial charge is 0.573 e. The summed E-state index contributed by atoms with van der Waals surface area (Å²) in [4.78, 5) is 0. The van der Waals surface area contributed by atoms with Gasteiger partial charge in [-0.1, -0.05) is 43.0 Å². The van der Waals surface area contributed by atoms with Crippen molar-refractivity contribution in [3.63, 3.8) is 0 Å². The van der Waals surface area contributed by atoms with Gasteiger partial charge in [0.2, 0.25) is 0 Å². The lowest BCUT2D eigenvalue weighted by Crippen LogP contribution is -2.17. The van der Waals surface area contributed by atoms with Gasteiger partial charge in [0.15, 0.2) is 0 Å². The zero-order chi connectivity index (χ0) is 20.9. The number of hydrogen-bond acceptors (Lipinski definition) is 2. The predicted octanol–water partition coefficient (Wildman–Crippen LogP) is 6.61. The van der Waals surface area contributed by atoms with Crippen LogP contribution in [0, 0.1) is 6.92 Å². The lowest BCUT2D eigenvalue weighted by Gasteiger charge is -2.12. The fourth-order valence-corrected chi connectivity index (χ4v) is 3.02. The summed E-state index contributed by atoms with van der Waals surface area (Å²) in [5.74, 6) is -0.272. The van der Waals surface area contributed by atoms with Crippen molar-refractivity contribution in [2.24, 2.45) is 0 Å². The summed E-state index contributed by atoms with van der Waals surface area (Å²) in [7, 11) is 0. The zero-order valence-electron chi connectivity index (χ0n) is 15.8. The minimum absolute atomic E-state index is 0.272. The molecule has 3 aromatic rings. The Balaban J connectivity index is 1.88. The Labute approximate surface area is 167 Å². The number of aromatic nitrogens is 1. The monoisotopic (exact) mass is 399 g/mol. The molecular formula is C23H20F3NO2. The lowest BCUT2D eigenvalue weighted by molar-refractivity contribution is -0.274. The summed E-state index contributed by atoms with van der Waals surface area (Å²) in [6, 6.07) is 15.9. The first-order valence-electron chi connectivity index (χ1n) is 8.90. The van der Waals surface area contributed by atoms with E-state index in [-0.39, 0.29) is 5.75 Å². The van der Waals surface area contributed by atoms with E-state index in [1.54, 1.807) is 30.6 Å². The minimum atomic E-state index is -4.74. The fraction of sp³-hybridized carbons (Fsp3) is 0.130. The number of fused-ring (bicyclic) bond motifs is 1. The molecule has 0 bridgehead atoms. The van der Waals surface area contributed by atoms with E-state index in [4.69, 9.17) is 4.74 Å². The van der Waals surface area contributed by atoms with Crippen LogP contribution in [0.5, 0.6) is 5.75 Å². The Bertz CT molecular complexity index is 1050.